The Balaban J connectivity index is 0.00000288. The van der Waals surface area contributed by atoms with E-state index in [9.17, 15) is 5.11 Å². The zero-order valence-electron chi connectivity index (χ0n) is 14.9. The van der Waals surface area contributed by atoms with E-state index in [1.807, 2.05) is 24.4 Å². The number of nitrogens with zero attached hydrogens (tertiary/aromatic N) is 2. The molecule has 2 rings (SSSR count). The van der Waals surface area contributed by atoms with Crippen LogP contribution in [0, 0.1) is 5.92 Å². The molecule has 0 bridgehead atoms. The van der Waals surface area contributed by atoms with Gasteiger partial charge in [0.15, 0.2) is 5.96 Å². The van der Waals surface area contributed by atoms with Gasteiger partial charge in [-0.25, -0.2) is 4.99 Å². The topological polar surface area (TPSA) is 59.9 Å². The summed E-state index contributed by atoms with van der Waals surface area (Å²) >= 11 is 1.57. The van der Waals surface area contributed by atoms with Crippen molar-refractivity contribution in [3.05, 3.63) is 22.4 Å². The standard InChI is InChI=1S/C17H30N4OS.HI/c1-4-18-16(19-12-14-7-9-21(3)10-8-14)20-13-17(2,22)15-6-5-11-23-15;/h5-6,11,14,22H,4,7-10,12-13H2,1-3H3,(H2,18,19,20);1H. The molecule has 0 aromatic carbocycles. The second-order valence-corrected chi connectivity index (χ2v) is 7.52. The van der Waals surface area contributed by atoms with Crippen molar-refractivity contribution in [2.24, 2.45) is 10.9 Å². The van der Waals surface area contributed by atoms with E-state index in [2.05, 4.69) is 34.5 Å². The van der Waals surface area contributed by atoms with E-state index >= 15 is 0 Å². The van der Waals surface area contributed by atoms with Crippen molar-refractivity contribution < 1.29 is 5.11 Å². The lowest BCUT2D eigenvalue weighted by Gasteiger charge is -2.29. The van der Waals surface area contributed by atoms with Gasteiger partial charge in [-0.2, -0.15) is 0 Å². The second-order valence-electron chi connectivity index (χ2n) is 6.57. The number of hydrogen-bond donors (Lipinski definition) is 3. The maximum absolute atomic E-state index is 10.6. The van der Waals surface area contributed by atoms with Crippen molar-refractivity contribution in [1.82, 2.24) is 15.5 Å². The summed E-state index contributed by atoms with van der Waals surface area (Å²) in [7, 11) is 2.18. The molecule has 0 spiro atoms. The lowest BCUT2D eigenvalue weighted by atomic mass is 9.97. The number of halogens is 1. The van der Waals surface area contributed by atoms with Crippen LogP contribution in [0.5, 0.6) is 0 Å². The minimum absolute atomic E-state index is 0. The second kappa shape index (κ2) is 10.6. The van der Waals surface area contributed by atoms with E-state index in [4.69, 9.17) is 0 Å². The third-order valence-corrected chi connectivity index (χ3v) is 5.46. The molecule has 0 aliphatic carbocycles. The van der Waals surface area contributed by atoms with Gasteiger partial charge in [0, 0.05) is 18.0 Å². The summed E-state index contributed by atoms with van der Waals surface area (Å²) in [6.45, 7) is 8.35. The van der Waals surface area contributed by atoms with Crippen molar-refractivity contribution >= 4 is 41.3 Å². The van der Waals surface area contributed by atoms with Crippen LogP contribution >= 0.6 is 35.3 Å². The quantitative estimate of drug-likeness (QED) is 0.343. The summed E-state index contributed by atoms with van der Waals surface area (Å²) in [6.07, 6.45) is 2.46. The van der Waals surface area contributed by atoms with Crippen LogP contribution < -0.4 is 10.6 Å². The van der Waals surface area contributed by atoms with Gasteiger partial charge in [-0.3, -0.25) is 0 Å². The molecule has 2 heterocycles. The highest BCUT2D eigenvalue weighted by Gasteiger charge is 2.24. The molecule has 0 saturated carbocycles. The first-order valence-electron chi connectivity index (χ1n) is 8.48. The van der Waals surface area contributed by atoms with Crippen molar-refractivity contribution in [2.45, 2.75) is 32.3 Å². The highest BCUT2D eigenvalue weighted by molar-refractivity contribution is 14.0. The number of hydrogen-bond acceptors (Lipinski definition) is 4. The molecule has 1 aromatic heterocycles. The van der Waals surface area contributed by atoms with Crippen LogP contribution in [0.15, 0.2) is 22.5 Å². The third-order valence-electron chi connectivity index (χ3n) is 4.34. The number of piperidine rings is 1. The Hall–Kier alpha value is -0.380. The predicted octanol–water partition coefficient (Wildman–Crippen LogP) is 2.47. The maximum atomic E-state index is 10.6. The largest absolute Gasteiger partial charge is 0.383 e. The summed E-state index contributed by atoms with van der Waals surface area (Å²) in [6, 6.07) is 3.92. The predicted molar refractivity (Wildman–Crippen MR) is 114 cm³/mol. The zero-order valence-corrected chi connectivity index (χ0v) is 18.1. The number of thiophene rings is 1. The summed E-state index contributed by atoms with van der Waals surface area (Å²) in [4.78, 5) is 7.92. The van der Waals surface area contributed by atoms with Gasteiger partial charge < -0.3 is 20.6 Å². The Bertz CT molecular complexity index is 485. The Labute approximate surface area is 167 Å². The monoisotopic (exact) mass is 466 g/mol. The highest BCUT2D eigenvalue weighted by Crippen LogP contribution is 2.25. The van der Waals surface area contributed by atoms with E-state index in [1.54, 1.807) is 11.3 Å². The van der Waals surface area contributed by atoms with Crippen LogP contribution in [-0.2, 0) is 5.60 Å². The SMILES string of the molecule is CCNC(=NCC(C)(O)c1cccs1)NCC1CCN(C)CC1.I. The fourth-order valence-electron chi connectivity index (χ4n) is 2.74. The summed E-state index contributed by atoms with van der Waals surface area (Å²) in [5.41, 5.74) is -0.913. The van der Waals surface area contributed by atoms with Crippen LogP contribution in [-0.4, -0.2) is 55.7 Å². The molecule has 1 aliphatic heterocycles. The van der Waals surface area contributed by atoms with Gasteiger partial charge in [0.2, 0.25) is 0 Å². The molecule has 1 atom stereocenters. The average molecular weight is 466 g/mol. The molecule has 1 aliphatic rings. The highest BCUT2D eigenvalue weighted by atomic mass is 127. The maximum Gasteiger partial charge on any atom is 0.191 e. The van der Waals surface area contributed by atoms with Crippen LogP contribution in [0.3, 0.4) is 0 Å². The van der Waals surface area contributed by atoms with Gasteiger partial charge >= 0.3 is 0 Å². The van der Waals surface area contributed by atoms with Crippen molar-refractivity contribution in [3.63, 3.8) is 0 Å². The van der Waals surface area contributed by atoms with Crippen molar-refractivity contribution in [3.8, 4) is 0 Å². The Morgan fingerprint density at radius 1 is 1.42 bits per heavy atom. The molecule has 5 nitrogen and oxygen atoms in total. The molecular formula is C17H31IN4OS. The van der Waals surface area contributed by atoms with Crippen LogP contribution in [0.4, 0.5) is 0 Å². The van der Waals surface area contributed by atoms with Gasteiger partial charge in [0.1, 0.15) is 5.60 Å². The van der Waals surface area contributed by atoms with E-state index in [0.29, 0.717) is 12.5 Å². The zero-order chi connectivity index (χ0) is 16.7. The number of aliphatic imine (C=N–C) groups is 1. The molecule has 138 valence electrons. The molecule has 7 heteroatoms. The average Bonchev–Trinajstić information content (AvgIpc) is 3.07. The number of rotatable bonds is 6. The normalized spacial score (nSPS) is 19.4. The minimum atomic E-state index is -0.913. The van der Waals surface area contributed by atoms with Crippen LogP contribution in [0.25, 0.3) is 0 Å². The molecule has 0 radical (unpaired) electrons. The number of likely N-dealkylation sites (tertiary alicyclic amines) is 1. The smallest absolute Gasteiger partial charge is 0.191 e. The molecule has 1 fully saturated rings. The first-order valence-corrected chi connectivity index (χ1v) is 9.36. The van der Waals surface area contributed by atoms with Gasteiger partial charge in [0.25, 0.3) is 0 Å². The molecule has 24 heavy (non-hydrogen) atoms. The molecule has 0 amide bonds. The number of aliphatic hydroxyl groups is 1. The Kier molecular flexibility index (Phi) is 9.54. The lowest BCUT2D eigenvalue weighted by Crippen LogP contribution is -2.43. The molecule has 1 aromatic rings. The van der Waals surface area contributed by atoms with Crippen molar-refractivity contribution in [2.75, 3.05) is 39.8 Å². The Morgan fingerprint density at radius 3 is 2.71 bits per heavy atom. The summed E-state index contributed by atoms with van der Waals surface area (Å²) in [5.74, 6) is 1.50. The van der Waals surface area contributed by atoms with Gasteiger partial charge in [-0.1, -0.05) is 6.07 Å². The first kappa shape index (κ1) is 21.7. The lowest BCUT2D eigenvalue weighted by molar-refractivity contribution is 0.0711. The Morgan fingerprint density at radius 2 is 2.12 bits per heavy atom. The number of nitrogens with one attached hydrogen (secondary N) is 2. The summed E-state index contributed by atoms with van der Waals surface area (Å²) in [5, 5.41) is 19.3. The minimum Gasteiger partial charge on any atom is -0.383 e. The van der Waals surface area contributed by atoms with Crippen LogP contribution in [0.2, 0.25) is 0 Å². The molecule has 3 N–H and O–H groups in total. The van der Waals surface area contributed by atoms with Gasteiger partial charge in [-0.15, -0.1) is 35.3 Å². The van der Waals surface area contributed by atoms with Gasteiger partial charge in [-0.05, 0) is 64.2 Å². The third kappa shape index (κ3) is 6.85. The van der Waals surface area contributed by atoms with E-state index in [0.717, 1.165) is 23.9 Å². The van der Waals surface area contributed by atoms with E-state index < -0.39 is 5.60 Å². The van der Waals surface area contributed by atoms with E-state index in [-0.39, 0.29) is 24.0 Å². The molecule has 1 saturated heterocycles. The van der Waals surface area contributed by atoms with Gasteiger partial charge in [0.05, 0.1) is 6.54 Å². The fourth-order valence-corrected chi connectivity index (χ4v) is 3.52. The first-order chi connectivity index (χ1) is 11.0. The van der Waals surface area contributed by atoms with Crippen LogP contribution in [0.1, 0.15) is 31.6 Å². The summed E-state index contributed by atoms with van der Waals surface area (Å²) < 4.78 is 0. The van der Waals surface area contributed by atoms with E-state index in [1.165, 1.54) is 25.9 Å². The number of guanidine groups is 1. The molecule has 1 unspecified atom stereocenters. The van der Waals surface area contributed by atoms with Crippen molar-refractivity contribution in [1.29, 1.82) is 0 Å². The fraction of sp³-hybridized carbons (Fsp3) is 0.706. The molecular weight excluding hydrogens is 435 g/mol.